The van der Waals surface area contributed by atoms with Crippen molar-refractivity contribution < 1.29 is 9.84 Å². The number of methoxy groups -OCH3 is 1. The number of aliphatic hydroxyl groups excluding tert-OH is 1. The molecule has 0 bridgehead atoms. The highest BCUT2D eigenvalue weighted by molar-refractivity contribution is 5.42. The van der Waals surface area contributed by atoms with Crippen molar-refractivity contribution in [2.75, 3.05) is 25.2 Å². The Bertz CT molecular complexity index is 344. The van der Waals surface area contributed by atoms with Crippen LogP contribution >= 0.6 is 0 Å². The van der Waals surface area contributed by atoms with Gasteiger partial charge in [0, 0.05) is 12.6 Å². The lowest BCUT2D eigenvalue weighted by Crippen LogP contribution is -2.42. The first kappa shape index (κ1) is 11.2. The van der Waals surface area contributed by atoms with Gasteiger partial charge in [0.15, 0.2) is 0 Å². The molecule has 2 rings (SSSR count). The van der Waals surface area contributed by atoms with Crippen molar-refractivity contribution in [2.45, 2.75) is 25.3 Å². The lowest BCUT2D eigenvalue weighted by atomic mass is 10.0. The number of nitrogens with zero attached hydrogens (tertiary/aromatic N) is 2. The smallest absolute Gasteiger partial charge is 0.214 e. The maximum absolute atomic E-state index is 9.35. The molecule has 1 aromatic heterocycles. The molecule has 0 aliphatic carbocycles. The van der Waals surface area contributed by atoms with Gasteiger partial charge >= 0.3 is 0 Å². The second-order valence-corrected chi connectivity index (χ2v) is 4.06. The van der Waals surface area contributed by atoms with Gasteiger partial charge in [-0.25, -0.2) is 0 Å². The molecular weight excluding hydrogens is 204 g/mol. The van der Waals surface area contributed by atoms with Crippen molar-refractivity contribution in [1.82, 2.24) is 4.98 Å². The molecule has 0 radical (unpaired) electrons. The highest BCUT2D eigenvalue weighted by atomic mass is 16.5. The van der Waals surface area contributed by atoms with Gasteiger partial charge in [0.25, 0.3) is 0 Å². The van der Waals surface area contributed by atoms with Crippen molar-refractivity contribution in [3.63, 3.8) is 0 Å². The molecule has 4 heteroatoms. The van der Waals surface area contributed by atoms with Crippen molar-refractivity contribution >= 4 is 5.82 Å². The Kier molecular flexibility index (Phi) is 3.62. The molecule has 1 aliphatic heterocycles. The summed E-state index contributed by atoms with van der Waals surface area (Å²) in [6.45, 7) is 1.16. The third kappa shape index (κ3) is 2.27. The van der Waals surface area contributed by atoms with E-state index in [0.29, 0.717) is 5.88 Å². The number of rotatable bonds is 3. The van der Waals surface area contributed by atoms with Crippen molar-refractivity contribution in [1.29, 1.82) is 0 Å². The minimum absolute atomic E-state index is 0.193. The summed E-state index contributed by atoms with van der Waals surface area (Å²) in [5, 5.41) is 9.35. The fourth-order valence-corrected chi connectivity index (χ4v) is 2.17. The number of anilines is 1. The summed E-state index contributed by atoms with van der Waals surface area (Å²) in [6, 6.07) is 5.94. The van der Waals surface area contributed by atoms with Gasteiger partial charge in [-0.2, -0.15) is 4.98 Å². The van der Waals surface area contributed by atoms with Gasteiger partial charge in [-0.05, 0) is 25.3 Å². The first-order valence-electron chi connectivity index (χ1n) is 5.73. The van der Waals surface area contributed by atoms with E-state index in [9.17, 15) is 5.11 Å². The molecule has 1 saturated heterocycles. The topological polar surface area (TPSA) is 45.6 Å². The second kappa shape index (κ2) is 5.16. The molecule has 0 amide bonds. The zero-order valence-corrected chi connectivity index (χ0v) is 9.59. The Morgan fingerprint density at radius 1 is 1.50 bits per heavy atom. The van der Waals surface area contributed by atoms with Crippen LogP contribution in [-0.4, -0.2) is 36.4 Å². The van der Waals surface area contributed by atoms with E-state index in [4.69, 9.17) is 4.74 Å². The van der Waals surface area contributed by atoms with Crippen LogP contribution in [0.5, 0.6) is 5.88 Å². The lowest BCUT2D eigenvalue weighted by molar-refractivity contribution is 0.239. The van der Waals surface area contributed by atoms with E-state index in [1.807, 2.05) is 18.2 Å². The van der Waals surface area contributed by atoms with Crippen LogP contribution in [0, 0.1) is 0 Å². The van der Waals surface area contributed by atoms with E-state index in [2.05, 4.69) is 9.88 Å². The fourth-order valence-electron chi connectivity index (χ4n) is 2.17. The Hall–Kier alpha value is -1.29. The van der Waals surface area contributed by atoms with Crippen molar-refractivity contribution in [3.8, 4) is 5.88 Å². The number of aromatic nitrogens is 1. The molecule has 0 aromatic carbocycles. The number of pyridine rings is 1. The standard InChI is InChI=1S/C12H18N2O2/c1-16-12-7-4-6-11(13-12)14-8-3-2-5-10(14)9-15/h4,6-7,10,15H,2-3,5,8-9H2,1H3. The average molecular weight is 222 g/mol. The van der Waals surface area contributed by atoms with Crippen LogP contribution < -0.4 is 9.64 Å². The van der Waals surface area contributed by atoms with Gasteiger partial charge in [0.1, 0.15) is 5.82 Å². The monoisotopic (exact) mass is 222 g/mol. The molecule has 2 heterocycles. The summed E-state index contributed by atoms with van der Waals surface area (Å²) in [5.41, 5.74) is 0. The van der Waals surface area contributed by atoms with Crippen LogP contribution in [0.2, 0.25) is 0 Å². The maximum Gasteiger partial charge on any atom is 0.214 e. The molecule has 1 unspecified atom stereocenters. The van der Waals surface area contributed by atoms with Crippen LogP contribution in [-0.2, 0) is 0 Å². The fraction of sp³-hybridized carbons (Fsp3) is 0.583. The molecule has 1 N–H and O–H groups in total. The largest absolute Gasteiger partial charge is 0.481 e. The average Bonchev–Trinajstić information content (AvgIpc) is 2.38. The van der Waals surface area contributed by atoms with Gasteiger partial charge in [0.2, 0.25) is 5.88 Å². The molecule has 0 saturated carbocycles. The van der Waals surface area contributed by atoms with Gasteiger partial charge < -0.3 is 14.7 Å². The zero-order valence-electron chi connectivity index (χ0n) is 9.59. The van der Waals surface area contributed by atoms with Gasteiger partial charge in [-0.3, -0.25) is 0 Å². The summed E-state index contributed by atoms with van der Waals surface area (Å²) < 4.78 is 5.11. The second-order valence-electron chi connectivity index (χ2n) is 4.06. The van der Waals surface area contributed by atoms with Gasteiger partial charge in [-0.15, -0.1) is 0 Å². The van der Waals surface area contributed by atoms with E-state index < -0.39 is 0 Å². The number of aliphatic hydroxyl groups is 1. The van der Waals surface area contributed by atoms with E-state index in [1.54, 1.807) is 7.11 Å². The normalized spacial score (nSPS) is 20.9. The third-order valence-electron chi connectivity index (χ3n) is 3.05. The highest BCUT2D eigenvalue weighted by Crippen LogP contribution is 2.24. The van der Waals surface area contributed by atoms with Crippen molar-refractivity contribution in [3.05, 3.63) is 18.2 Å². The van der Waals surface area contributed by atoms with Gasteiger partial charge in [0.05, 0.1) is 19.8 Å². The van der Waals surface area contributed by atoms with E-state index in [-0.39, 0.29) is 12.6 Å². The van der Waals surface area contributed by atoms with Crippen LogP contribution in [0.15, 0.2) is 18.2 Å². The number of ether oxygens (including phenoxy) is 1. The summed E-state index contributed by atoms with van der Waals surface area (Å²) in [4.78, 5) is 6.58. The minimum Gasteiger partial charge on any atom is -0.481 e. The van der Waals surface area contributed by atoms with Crippen LogP contribution in [0.3, 0.4) is 0 Å². The van der Waals surface area contributed by atoms with Crippen LogP contribution in [0.1, 0.15) is 19.3 Å². The van der Waals surface area contributed by atoms with Gasteiger partial charge in [-0.1, -0.05) is 6.07 Å². The zero-order chi connectivity index (χ0) is 11.4. The Morgan fingerprint density at radius 3 is 3.12 bits per heavy atom. The summed E-state index contributed by atoms with van der Waals surface area (Å²) in [6.07, 6.45) is 3.39. The minimum atomic E-state index is 0.193. The molecule has 0 spiro atoms. The van der Waals surface area contributed by atoms with Crippen LogP contribution in [0.25, 0.3) is 0 Å². The Morgan fingerprint density at radius 2 is 2.38 bits per heavy atom. The lowest BCUT2D eigenvalue weighted by Gasteiger charge is -2.35. The van der Waals surface area contributed by atoms with Crippen LogP contribution in [0.4, 0.5) is 5.82 Å². The molecule has 4 nitrogen and oxygen atoms in total. The molecule has 88 valence electrons. The predicted molar refractivity (Wildman–Crippen MR) is 62.9 cm³/mol. The highest BCUT2D eigenvalue weighted by Gasteiger charge is 2.22. The summed E-state index contributed by atoms with van der Waals surface area (Å²) >= 11 is 0. The quantitative estimate of drug-likeness (QED) is 0.840. The number of hydrogen-bond acceptors (Lipinski definition) is 4. The number of piperidine rings is 1. The summed E-state index contributed by atoms with van der Waals surface area (Å²) in [5.74, 6) is 1.53. The van der Waals surface area contributed by atoms with E-state index >= 15 is 0 Å². The van der Waals surface area contributed by atoms with E-state index in [0.717, 1.165) is 25.2 Å². The first-order valence-corrected chi connectivity index (χ1v) is 5.73. The Labute approximate surface area is 95.9 Å². The third-order valence-corrected chi connectivity index (χ3v) is 3.05. The summed E-state index contributed by atoms with van der Waals surface area (Å²) in [7, 11) is 1.62. The molecule has 1 aromatic rings. The molecular formula is C12H18N2O2. The van der Waals surface area contributed by atoms with Crippen molar-refractivity contribution in [2.24, 2.45) is 0 Å². The van der Waals surface area contributed by atoms with E-state index in [1.165, 1.54) is 6.42 Å². The predicted octanol–water partition coefficient (Wildman–Crippen LogP) is 1.44. The maximum atomic E-state index is 9.35. The molecule has 1 atom stereocenters. The molecule has 1 aliphatic rings. The SMILES string of the molecule is COc1cccc(N2CCCCC2CO)n1. The Balaban J connectivity index is 2.20. The number of hydrogen-bond donors (Lipinski definition) is 1. The molecule has 1 fully saturated rings. The molecule has 16 heavy (non-hydrogen) atoms. The first-order chi connectivity index (χ1) is 7.85.